The van der Waals surface area contributed by atoms with Gasteiger partial charge in [0.25, 0.3) is 5.89 Å². The Balaban J connectivity index is 1.36. The lowest BCUT2D eigenvalue weighted by molar-refractivity contribution is 0.414. The Bertz CT molecular complexity index is 813. The van der Waals surface area contributed by atoms with Crippen molar-refractivity contribution in [2.24, 2.45) is 0 Å². The molecule has 0 aliphatic heterocycles. The molecule has 0 radical (unpaired) electrons. The molecular weight excluding hydrogens is 346 g/mol. The first kappa shape index (κ1) is 15.4. The van der Waals surface area contributed by atoms with Crippen LogP contribution in [0.3, 0.4) is 0 Å². The van der Waals surface area contributed by atoms with E-state index in [1.54, 1.807) is 30.2 Å². The van der Waals surface area contributed by atoms with Crippen LogP contribution in [-0.4, -0.2) is 33.5 Å². The highest BCUT2D eigenvalue weighted by Crippen LogP contribution is 2.31. The van der Waals surface area contributed by atoms with Gasteiger partial charge in [-0.05, 0) is 37.1 Å². The highest BCUT2D eigenvalue weighted by molar-refractivity contribution is 8.00. The summed E-state index contributed by atoms with van der Waals surface area (Å²) in [4.78, 5) is 4.42. The minimum Gasteiger partial charge on any atom is -0.497 e. The van der Waals surface area contributed by atoms with Crippen molar-refractivity contribution in [1.82, 2.24) is 20.3 Å². The molecule has 1 saturated carbocycles. The SMILES string of the molecule is COc1ccc(-c2nc(CSc3nnc(NC4CC4)s3)no2)cc1. The first-order valence-corrected chi connectivity index (χ1v) is 9.30. The van der Waals surface area contributed by atoms with E-state index in [0.29, 0.717) is 23.5 Å². The molecule has 0 saturated heterocycles. The van der Waals surface area contributed by atoms with Crippen LogP contribution < -0.4 is 10.1 Å². The summed E-state index contributed by atoms with van der Waals surface area (Å²) >= 11 is 3.11. The van der Waals surface area contributed by atoms with E-state index in [4.69, 9.17) is 9.26 Å². The van der Waals surface area contributed by atoms with Crippen molar-refractivity contribution < 1.29 is 9.26 Å². The van der Waals surface area contributed by atoms with E-state index >= 15 is 0 Å². The third-order valence-electron chi connectivity index (χ3n) is 3.44. The number of hydrogen-bond acceptors (Lipinski definition) is 9. The predicted molar refractivity (Wildman–Crippen MR) is 92.4 cm³/mol. The predicted octanol–water partition coefficient (Wildman–Crippen LogP) is 3.46. The quantitative estimate of drug-likeness (QED) is 0.640. The molecule has 1 aliphatic rings. The van der Waals surface area contributed by atoms with Crippen molar-refractivity contribution in [2.45, 2.75) is 29.0 Å². The van der Waals surface area contributed by atoms with Crippen LogP contribution in [0.2, 0.25) is 0 Å². The molecule has 124 valence electrons. The summed E-state index contributed by atoms with van der Waals surface area (Å²) < 4.78 is 11.4. The van der Waals surface area contributed by atoms with Crippen LogP contribution in [0.15, 0.2) is 33.1 Å². The molecule has 0 unspecified atom stereocenters. The van der Waals surface area contributed by atoms with Gasteiger partial charge in [-0.15, -0.1) is 10.2 Å². The fraction of sp³-hybridized carbons (Fsp3) is 0.333. The smallest absolute Gasteiger partial charge is 0.257 e. The topological polar surface area (TPSA) is 86.0 Å². The van der Waals surface area contributed by atoms with Crippen LogP contribution in [0.4, 0.5) is 5.13 Å². The zero-order chi connectivity index (χ0) is 16.4. The lowest BCUT2D eigenvalue weighted by atomic mass is 10.2. The van der Waals surface area contributed by atoms with Gasteiger partial charge in [0.2, 0.25) is 5.13 Å². The van der Waals surface area contributed by atoms with Gasteiger partial charge < -0.3 is 14.6 Å². The van der Waals surface area contributed by atoms with Gasteiger partial charge in [0.15, 0.2) is 10.2 Å². The summed E-state index contributed by atoms with van der Waals surface area (Å²) in [6, 6.07) is 8.10. The third-order valence-corrected chi connectivity index (χ3v) is 5.43. The number of nitrogens with one attached hydrogen (secondary N) is 1. The number of benzene rings is 1. The number of nitrogens with zero attached hydrogens (tertiary/aromatic N) is 4. The number of rotatable bonds is 7. The molecule has 0 bridgehead atoms. The third kappa shape index (κ3) is 3.68. The molecule has 0 spiro atoms. The summed E-state index contributed by atoms with van der Waals surface area (Å²) in [7, 11) is 1.64. The number of aromatic nitrogens is 4. The summed E-state index contributed by atoms with van der Waals surface area (Å²) in [5, 5.41) is 16.5. The van der Waals surface area contributed by atoms with Crippen LogP contribution in [0.5, 0.6) is 5.75 Å². The highest BCUT2D eigenvalue weighted by Gasteiger charge is 2.22. The molecule has 7 nitrogen and oxygen atoms in total. The van der Waals surface area contributed by atoms with Crippen molar-refractivity contribution in [3.63, 3.8) is 0 Å². The zero-order valence-corrected chi connectivity index (χ0v) is 14.6. The average Bonchev–Trinajstić information content (AvgIpc) is 3.11. The first-order valence-electron chi connectivity index (χ1n) is 7.50. The Labute approximate surface area is 146 Å². The van der Waals surface area contributed by atoms with Crippen LogP contribution >= 0.6 is 23.1 Å². The van der Waals surface area contributed by atoms with Gasteiger partial charge in [0.1, 0.15) is 5.75 Å². The molecular formula is C15H15N5O2S2. The van der Waals surface area contributed by atoms with E-state index in [0.717, 1.165) is 20.8 Å². The zero-order valence-electron chi connectivity index (χ0n) is 12.9. The highest BCUT2D eigenvalue weighted by atomic mass is 32.2. The van der Waals surface area contributed by atoms with Crippen LogP contribution in [-0.2, 0) is 5.75 Å². The summed E-state index contributed by atoms with van der Waals surface area (Å²) in [5.41, 5.74) is 0.867. The lowest BCUT2D eigenvalue weighted by Crippen LogP contribution is -1.99. The summed E-state index contributed by atoms with van der Waals surface area (Å²) in [5.74, 6) is 2.53. The largest absolute Gasteiger partial charge is 0.497 e. The van der Waals surface area contributed by atoms with Crippen LogP contribution in [0.1, 0.15) is 18.7 Å². The minimum atomic E-state index is 0.501. The Morgan fingerprint density at radius 2 is 2.12 bits per heavy atom. The number of methoxy groups -OCH3 is 1. The van der Waals surface area contributed by atoms with Crippen molar-refractivity contribution in [1.29, 1.82) is 0 Å². The first-order chi connectivity index (χ1) is 11.8. The fourth-order valence-electron chi connectivity index (χ4n) is 2.02. The number of hydrogen-bond donors (Lipinski definition) is 1. The molecule has 2 heterocycles. The van der Waals surface area contributed by atoms with Gasteiger partial charge in [-0.3, -0.25) is 0 Å². The van der Waals surface area contributed by atoms with Crippen LogP contribution in [0, 0.1) is 0 Å². The molecule has 2 aromatic heterocycles. The average molecular weight is 361 g/mol. The van der Waals surface area contributed by atoms with Crippen molar-refractivity contribution in [2.75, 3.05) is 12.4 Å². The van der Waals surface area contributed by atoms with E-state index in [1.165, 1.54) is 12.8 Å². The molecule has 9 heteroatoms. The maximum Gasteiger partial charge on any atom is 0.257 e. The molecule has 1 fully saturated rings. The molecule has 1 aromatic carbocycles. The van der Waals surface area contributed by atoms with E-state index in [-0.39, 0.29) is 0 Å². The number of anilines is 1. The molecule has 24 heavy (non-hydrogen) atoms. The molecule has 1 aliphatic carbocycles. The second kappa shape index (κ2) is 6.78. The Hall–Kier alpha value is -2.13. The van der Waals surface area contributed by atoms with E-state index in [9.17, 15) is 0 Å². The van der Waals surface area contributed by atoms with Gasteiger partial charge in [-0.1, -0.05) is 28.3 Å². The molecule has 0 atom stereocenters. The van der Waals surface area contributed by atoms with E-state index < -0.39 is 0 Å². The van der Waals surface area contributed by atoms with Crippen LogP contribution in [0.25, 0.3) is 11.5 Å². The van der Waals surface area contributed by atoms with Gasteiger partial charge in [-0.25, -0.2) is 0 Å². The van der Waals surface area contributed by atoms with Crippen molar-refractivity contribution in [3.8, 4) is 17.2 Å². The monoisotopic (exact) mass is 361 g/mol. The minimum absolute atomic E-state index is 0.501. The van der Waals surface area contributed by atoms with Gasteiger partial charge in [0.05, 0.1) is 12.9 Å². The lowest BCUT2D eigenvalue weighted by Gasteiger charge is -1.98. The molecule has 3 aromatic rings. The van der Waals surface area contributed by atoms with E-state index in [1.807, 2.05) is 24.3 Å². The second-order valence-electron chi connectivity index (χ2n) is 5.32. The molecule has 1 N–H and O–H groups in total. The number of thioether (sulfide) groups is 1. The van der Waals surface area contributed by atoms with Gasteiger partial charge >= 0.3 is 0 Å². The van der Waals surface area contributed by atoms with E-state index in [2.05, 4.69) is 25.7 Å². The maximum absolute atomic E-state index is 5.32. The summed E-state index contributed by atoms with van der Waals surface area (Å²) in [6.45, 7) is 0. The summed E-state index contributed by atoms with van der Waals surface area (Å²) in [6.07, 6.45) is 2.44. The van der Waals surface area contributed by atoms with Crippen molar-refractivity contribution in [3.05, 3.63) is 30.1 Å². The number of ether oxygens (including phenoxy) is 1. The molecule has 4 rings (SSSR count). The Morgan fingerprint density at radius 1 is 1.29 bits per heavy atom. The Kier molecular flexibility index (Phi) is 4.35. The van der Waals surface area contributed by atoms with Gasteiger partial charge in [-0.2, -0.15) is 4.98 Å². The maximum atomic E-state index is 5.32. The fourth-order valence-corrected chi connectivity index (χ4v) is 3.69. The molecule has 0 amide bonds. The second-order valence-corrected chi connectivity index (χ2v) is 7.52. The van der Waals surface area contributed by atoms with Gasteiger partial charge in [0, 0.05) is 11.6 Å². The normalized spacial score (nSPS) is 13.9. The Morgan fingerprint density at radius 3 is 2.88 bits per heavy atom. The van der Waals surface area contributed by atoms with Crippen molar-refractivity contribution >= 4 is 28.2 Å². The standard InChI is InChI=1S/C15H15N5O2S2/c1-21-11-6-2-9(3-7-11)13-17-12(20-22-13)8-23-15-19-18-14(24-15)16-10-4-5-10/h2-3,6-7,10H,4-5,8H2,1H3,(H,16,18).